The Morgan fingerprint density at radius 3 is 3.06 bits per heavy atom. The monoisotopic (exact) mass is 273 g/mol. The van der Waals surface area contributed by atoms with Gasteiger partial charge in [-0.1, -0.05) is 11.6 Å². The van der Waals surface area contributed by atoms with Crippen LogP contribution in [-0.2, 0) is 11.3 Å². The van der Waals surface area contributed by atoms with Gasteiger partial charge in [0.05, 0.1) is 30.1 Å². The Labute approximate surface area is 112 Å². The van der Waals surface area contributed by atoms with Crippen molar-refractivity contribution in [3.05, 3.63) is 16.9 Å². The number of nitrogens with zero attached hydrogens (tertiary/aromatic N) is 3. The van der Waals surface area contributed by atoms with E-state index in [4.69, 9.17) is 16.3 Å². The first-order valence-corrected chi connectivity index (χ1v) is 6.59. The van der Waals surface area contributed by atoms with Crippen LogP contribution in [0, 0.1) is 5.92 Å². The molecule has 0 amide bonds. The van der Waals surface area contributed by atoms with E-state index in [1.807, 2.05) is 14.1 Å². The summed E-state index contributed by atoms with van der Waals surface area (Å²) in [7, 11) is 4.01. The van der Waals surface area contributed by atoms with Crippen LogP contribution in [0.5, 0.6) is 0 Å². The van der Waals surface area contributed by atoms with Crippen LogP contribution in [0.3, 0.4) is 0 Å². The highest BCUT2D eigenvalue weighted by molar-refractivity contribution is 6.31. The normalized spacial score (nSPS) is 21.7. The van der Waals surface area contributed by atoms with Crippen molar-refractivity contribution < 1.29 is 9.84 Å². The first kappa shape index (κ1) is 13.8. The predicted octanol–water partition coefficient (Wildman–Crippen LogP) is 1.17. The lowest BCUT2D eigenvalue weighted by Gasteiger charge is -2.19. The minimum Gasteiger partial charge on any atom is -0.386 e. The third kappa shape index (κ3) is 3.03. The molecule has 0 saturated carbocycles. The molecule has 0 bridgehead atoms. The van der Waals surface area contributed by atoms with Gasteiger partial charge in [0.25, 0.3) is 0 Å². The summed E-state index contributed by atoms with van der Waals surface area (Å²) in [6, 6.07) is 0. The van der Waals surface area contributed by atoms with E-state index in [1.54, 1.807) is 10.9 Å². The number of likely N-dealkylation sites (N-methyl/N-ethyl adjacent to an activating group) is 1. The van der Waals surface area contributed by atoms with Gasteiger partial charge in [-0.2, -0.15) is 5.10 Å². The van der Waals surface area contributed by atoms with Gasteiger partial charge in [-0.05, 0) is 20.5 Å². The fraction of sp³-hybridized carbons (Fsp3) is 0.750. The van der Waals surface area contributed by atoms with Crippen molar-refractivity contribution in [2.45, 2.75) is 19.1 Å². The average Bonchev–Trinajstić information content (AvgIpc) is 2.94. The van der Waals surface area contributed by atoms with E-state index < -0.39 is 6.10 Å². The van der Waals surface area contributed by atoms with Crippen molar-refractivity contribution in [2.75, 3.05) is 33.9 Å². The molecule has 6 heteroatoms. The molecule has 1 aliphatic heterocycles. The van der Waals surface area contributed by atoms with Crippen LogP contribution >= 0.6 is 11.6 Å². The number of aliphatic hydroxyl groups is 1. The maximum atomic E-state index is 10.4. The molecular formula is C12H20ClN3O2. The van der Waals surface area contributed by atoms with Crippen LogP contribution in [-0.4, -0.2) is 53.6 Å². The van der Waals surface area contributed by atoms with Gasteiger partial charge in [0.15, 0.2) is 0 Å². The van der Waals surface area contributed by atoms with Gasteiger partial charge in [0, 0.05) is 19.1 Å². The number of ether oxygens (including phenoxy) is 1. The van der Waals surface area contributed by atoms with E-state index in [1.165, 1.54) is 0 Å². The quantitative estimate of drug-likeness (QED) is 0.875. The maximum absolute atomic E-state index is 10.4. The SMILES string of the molecule is CN(C)CCn1ncc(Cl)c1C(O)C1CCOC1. The predicted molar refractivity (Wildman–Crippen MR) is 69.7 cm³/mol. The molecule has 2 atom stereocenters. The molecule has 1 N–H and O–H groups in total. The van der Waals surface area contributed by atoms with E-state index >= 15 is 0 Å². The maximum Gasteiger partial charge on any atom is 0.102 e. The average molecular weight is 274 g/mol. The topological polar surface area (TPSA) is 50.5 Å². The van der Waals surface area contributed by atoms with Crippen LogP contribution in [0.1, 0.15) is 18.2 Å². The van der Waals surface area contributed by atoms with Crippen molar-refractivity contribution >= 4 is 11.6 Å². The fourth-order valence-corrected chi connectivity index (χ4v) is 2.42. The molecule has 1 fully saturated rings. The molecular weight excluding hydrogens is 254 g/mol. The second-order valence-corrected chi connectivity index (χ2v) is 5.38. The molecule has 1 aromatic heterocycles. The molecule has 2 heterocycles. The van der Waals surface area contributed by atoms with E-state index in [9.17, 15) is 5.11 Å². The van der Waals surface area contributed by atoms with Crippen molar-refractivity contribution in [1.82, 2.24) is 14.7 Å². The summed E-state index contributed by atoms with van der Waals surface area (Å²) in [5.74, 6) is 0.123. The van der Waals surface area contributed by atoms with Gasteiger partial charge in [-0.15, -0.1) is 0 Å². The first-order valence-electron chi connectivity index (χ1n) is 6.21. The lowest BCUT2D eigenvalue weighted by molar-refractivity contribution is 0.0841. The molecule has 5 nitrogen and oxygen atoms in total. The number of aromatic nitrogens is 2. The van der Waals surface area contributed by atoms with Gasteiger partial charge < -0.3 is 14.7 Å². The van der Waals surface area contributed by atoms with E-state index in [-0.39, 0.29) is 5.92 Å². The first-order chi connectivity index (χ1) is 8.59. The standard InChI is InChI=1S/C12H20ClN3O2/c1-15(2)4-5-16-11(10(13)7-14-16)12(17)9-3-6-18-8-9/h7,9,12,17H,3-6,8H2,1-2H3. The van der Waals surface area contributed by atoms with E-state index in [2.05, 4.69) is 10.00 Å². The van der Waals surface area contributed by atoms with Crippen LogP contribution in [0.4, 0.5) is 0 Å². The third-order valence-electron chi connectivity index (χ3n) is 3.28. The molecule has 102 valence electrons. The number of hydrogen-bond donors (Lipinski definition) is 1. The minimum absolute atomic E-state index is 0.123. The molecule has 1 aliphatic rings. The largest absolute Gasteiger partial charge is 0.386 e. The number of rotatable bonds is 5. The molecule has 0 radical (unpaired) electrons. The summed E-state index contributed by atoms with van der Waals surface area (Å²) in [6.45, 7) is 2.89. The Bertz CT molecular complexity index is 389. The zero-order valence-corrected chi connectivity index (χ0v) is 11.6. The van der Waals surface area contributed by atoms with Gasteiger partial charge >= 0.3 is 0 Å². The Hall–Kier alpha value is -0.620. The van der Waals surface area contributed by atoms with Crippen LogP contribution in [0.2, 0.25) is 5.02 Å². The van der Waals surface area contributed by atoms with Gasteiger partial charge in [-0.3, -0.25) is 4.68 Å². The number of aliphatic hydroxyl groups excluding tert-OH is 1. The second-order valence-electron chi connectivity index (χ2n) is 4.97. The molecule has 1 aromatic rings. The van der Waals surface area contributed by atoms with Crippen molar-refractivity contribution in [3.63, 3.8) is 0 Å². The Kier molecular flexibility index (Phi) is 4.61. The molecule has 0 aromatic carbocycles. The molecule has 0 aliphatic carbocycles. The van der Waals surface area contributed by atoms with E-state index in [0.717, 1.165) is 19.5 Å². The van der Waals surface area contributed by atoms with Gasteiger partial charge in [0.2, 0.25) is 0 Å². The molecule has 1 saturated heterocycles. The van der Waals surface area contributed by atoms with Gasteiger partial charge in [0.1, 0.15) is 6.10 Å². The summed E-state index contributed by atoms with van der Waals surface area (Å²) in [5.41, 5.74) is 0.717. The zero-order valence-electron chi connectivity index (χ0n) is 10.8. The summed E-state index contributed by atoms with van der Waals surface area (Å²) >= 11 is 6.14. The van der Waals surface area contributed by atoms with E-state index in [0.29, 0.717) is 23.9 Å². The Morgan fingerprint density at radius 2 is 2.44 bits per heavy atom. The van der Waals surface area contributed by atoms with Crippen molar-refractivity contribution in [2.24, 2.45) is 5.92 Å². The fourth-order valence-electron chi connectivity index (χ4n) is 2.16. The molecule has 2 rings (SSSR count). The lowest BCUT2D eigenvalue weighted by atomic mass is 9.99. The summed E-state index contributed by atoms with van der Waals surface area (Å²) in [6.07, 6.45) is 1.88. The van der Waals surface area contributed by atoms with Crippen molar-refractivity contribution in [3.8, 4) is 0 Å². The summed E-state index contributed by atoms with van der Waals surface area (Å²) in [4.78, 5) is 2.07. The third-order valence-corrected chi connectivity index (χ3v) is 3.58. The molecule has 2 unspecified atom stereocenters. The number of hydrogen-bond acceptors (Lipinski definition) is 4. The Balaban J connectivity index is 2.12. The van der Waals surface area contributed by atoms with Crippen LogP contribution in [0.15, 0.2) is 6.20 Å². The number of halogens is 1. The van der Waals surface area contributed by atoms with Crippen LogP contribution < -0.4 is 0 Å². The highest BCUT2D eigenvalue weighted by Crippen LogP contribution is 2.32. The molecule has 0 spiro atoms. The van der Waals surface area contributed by atoms with Gasteiger partial charge in [-0.25, -0.2) is 0 Å². The smallest absolute Gasteiger partial charge is 0.102 e. The highest BCUT2D eigenvalue weighted by atomic mass is 35.5. The lowest BCUT2D eigenvalue weighted by Crippen LogP contribution is -2.23. The zero-order chi connectivity index (χ0) is 13.1. The highest BCUT2D eigenvalue weighted by Gasteiger charge is 2.29. The molecule has 18 heavy (non-hydrogen) atoms. The second kappa shape index (κ2) is 6.02. The van der Waals surface area contributed by atoms with Crippen LogP contribution in [0.25, 0.3) is 0 Å². The minimum atomic E-state index is -0.593. The Morgan fingerprint density at radius 1 is 1.67 bits per heavy atom. The van der Waals surface area contributed by atoms with Crippen molar-refractivity contribution in [1.29, 1.82) is 0 Å². The summed E-state index contributed by atoms with van der Waals surface area (Å²) in [5, 5.41) is 15.2. The summed E-state index contributed by atoms with van der Waals surface area (Å²) < 4.78 is 7.11.